The van der Waals surface area contributed by atoms with Crippen LogP contribution in [0.25, 0.3) is 0 Å². The van der Waals surface area contributed by atoms with Crippen LogP contribution in [0.4, 0.5) is 4.39 Å². The van der Waals surface area contributed by atoms with Crippen molar-refractivity contribution in [3.05, 3.63) is 34.1 Å². The molecule has 1 aromatic rings. The van der Waals surface area contributed by atoms with Crippen molar-refractivity contribution < 1.29 is 4.39 Å². The van der Waals surface area contributed by atoms with Gasteiger partial charge < -0.3 is 5.73 Å². The predicted molar refractivity (Wildman–Crippen MR) is 58.6 cm³/mol. The summed E-state index contributed by atoms with van der Waals surface area (Å²) in [6.07, 6.45) is 1.02. The zero-order valence-corrected chi connectivity index (χ0v) is 9.59. The molecule has 0 aromatic heterocycles. The van der Waals surface area contributed by atoms with Crippen LogP contribution < -0.4 is 5.73 Å². The Labute approximate surface area is 91.6 Å². The molecule has 1 saturated carbocycles. The first kappa shape index (κ1) is 10.1. The summed E-state index contributed by atoms with van der Waals surface area (Å²) in [6.45, 7) is 1.99. The van der Waals surface area contributed by atoms with Gasteiger partial charge in [-0.05, 0) is 48.9 Å². The zero-order valence-electron chi connectivity index (χ0n) is 8.00. The van der Waals surface area contributed by atoms with E-state index in [0.717, 1.165) is 16.5 Å². The number of nitrogens with two attached hydrogens (primary N) is 1. The molecular formula is C11H13BrFN. The van der Waals surface area contributed by atoms with E-state index in [1.807, 2.05) is 13.0 Å². The Bertz CT molecular complexity index is 351. The zero-order chi connectivity index (χ0) is 10.3. The fourth-order valence-corrected chi connectivity index (χ4v) is 2.33. The fourth-order valence-electron chi connectivity index (χ4n) is 1.95. The van der Waals surface area contributed by atoms with Crippen molar-refractivity contribution >= 4 is 15.9 Å². The topological polar surface area (TPSA) is 26.0 Å². The summed E-state index contributed by atoms with van der Waals surface area (Å²) in [5, 5.41) is 0. The van der Waals surface area contributed by atoms with Crippen LogP contribution in [0.1, 0.15) is 24.8 Å². The highest BCUT2D eigenvalue weighted by Gasteiger charge is 2.42. The molecule has 0 amide bonds. The first-order valence-electron chi connectivity index (χ1n) is 4.80. The number of halogens is 2. The smallest absolute Gasteiger partial charge is 0.126 e. The van der Waals surface area contributed by atoms with Crippen LogP contribution in [0.2, 0.25) is 0 Å². The van der Waals surface area contributed by atoms with E-state index in [4.69, 9.17) is 5.73 Å². The molecule has 3 atom stereocenters. The van der Waals surface area contributed by atoms with Crippen LogP contribution in [0.5, 0.6) is 0 Å². The molecule has 0 saturated heterocycles. The molecule has 1 aliphatic carbocycles. The largest absolute Gasteiger partial charge is 0.328 e. The quantitative estimate of drug-likeness (QED) is 0.866. The van der Waals surface area contributed by atoms with E-state index >= 15 is 0 Å². The maximum atomic E-state index is 13.4. The molecule has 0 bridgehead atoms. The summed E-state index contributed by atoms with van der Waals surface area (Å²) in [6, 6.07) is 5.26. The van der Waals surface area contributed by atoms with Gasteiger partial charge in [0.25, 0.3) is 0 Å². The van der Waals surface area contributed by atoms with Gasteiger partial charge >= 0.3 is 0 Å². The molecule has 2 N–H and O–H groups in total. The van der Waals surface area contributed by atoms with E-state index in [1.54, 1.807) is 6.07 Å². The van der Waals surface area contributed by atoms with Crippen molar-refractivity contribution in [3.63, 3.8) is 0 Å². The third-order valence-electron chi connectivity index (χ3n) is 2.87. The molecule has 3 heteroatoms. The molecule has 1 nitrogen and oxygen atoms in total. The molecule has 14 heavy (non-hydrogen) atoms. The summed E-state index contributed by atoms with van der Waals surface area (Å²) in [5.74, 6) is 0.674. The fraction of sp³-hybridized carbons (Fsp3) is 0.455. The van der Waals surface area contributed by atoms with Gasteiger partial charge in [0.2, 0.25) is 0 Å². The van der Waals surface area contributed by atoms with Crippen LogP contribution in [0, 0.1) is 11.7 Å². The van der Waals surface area contributed by atoms with Gasteiger partial charge in [0.05, 0.1) is 0 Å². The Morgan fingerprint density at radius 1 is 1.57 bits per heavy atom. The van der Waals surface area contributed by atoms with Gasteiger partial charge in [0, 0.05) is 10.5 Å². The lowest BCUT2D eigenvalue weighted by molar-refractivity contribution is 0.589. The van der Waals surface area contributed by atoms with Gasteiger partial charge in [-0.15, -0.1) is 0 Å². The van der Waals surface area contributed by atoms with Crippen molar-refractivity contribution in [2.24, 2.45) is 11.7 Å². The van der Waals surface area contributed by atoms with Crippen LogP contribution >= 0.6 is 15.9 Å². The second-order valence-corrected chi connectivity index (χ2v) is 4.95. The Hall–Kier alpha value is -0.410. The highest BCUT2D eigenvalue weighted by Crippen LogP contribution is 2.50. The molecule has 1 aromatic carbocycles. The third-order valence-corrected chi connectivity index (χ3v) is 3.37. The number of benzene rings is 1. The lowest BCUT2D eigenvalue weighted by Crippen LogP contribution is -2.18. The van der Waals surface area contributed by atoms with Gasteiger partial charge in [-0.3, -0.25) is 0 Å². The molecular weight excluding hydrogens is 245 g/mol. The minimum absolute atomic E-state index is 0.110. The predicted octanol–water partition coefficient (Wildman–Crippen LogP) is 3.04. The van der Waals surface area contributed by atoms with Crippen molar-refractivity contribution in [3.8, 4) is 0 Å². The molecule has 76 valence electrons. The van der Waals surface area contributed by atoms with Crippen LogP contribution in [0.3, 0.4) is 0 Å². The Balaban J connectivity index is 2.22. The second-order valence-electron chi connectivity index (χ2n) is 4.03. The third kappa shape index (κ3) is 1.84. The maximum absolute atomic E-state index is 13.4. The van der Waals surface area contributed by atoms with Crippen LogP contribution in [-0.2, 0) is 0 Å². The van der Waals surface area contributed by atoms with E-state index in [-0.39, 0.29) is 11.9 Å². The molecule has 0 aliphatic heterocycles. The molecule has 0 radical (unpaired) electrons. The van der Waals surface area contributed by atoms with E-state index in [1.165, 1.54) is 6.07 Å². The summed E-state index contributed by atoms with van der Waals surface area (Å²) >= 11 is 3.35. The van der Waals surface area contributed by atoms with Crippen molar-refractivity contribution in [1.82, 2.24) is 0 Å². The molecule has 2 rings (SSSR count). The minimum Gasteiger partial charge on any atom is -0.328 e. The highest BCUT2D eigenvalue weighted by molar-refractivity contribution is 9.10. The summed E-state index contributed by atoms with van der Waals surface area (Å²) in [7, 11) is 0. The summed E-state index contributed by atoms with van der Waals surface area (Å²) < 4.78 is 14.4. The number of hydrogen-bond donors (Lipinski definition) is 1. The number of rotatable bonds is 2. The van der Waals surface area contributed by atoms with Crippen molar-refractivity contribution in [2.45, 2.75) is 25.3 Å². The minimum atomic E-state index is -0.110. The standard InChI is InChI=1S/C11H13BrFN/c1-6(14)8-5-9(8)10-4-7(12)2-3-11(10)13/h2-4,6,8-9H,5,14H2,1H3. The molecule has 3 unspecified atom stereocenters. The van der Waals surface area contributed by atoms with Crippen molar-refractivity contribution in [2.75, 3.05) is 0 Å². The Kier molecular flexibility index (Phi) is 2.62. The van der Waals surface area contributed by atoms with Gasteiger partial charge in [-0.2, -0.15) is 0 Å². The molecule has 1 aliphatic rings. The summed E-state index contributed by atoms with van der Waals surface area (Å²) in [5.41, 5.74) is 6.59. The van der Waals surface area contributed by atoms with E-state index in [0.29, 0.717) is 11.8 Å². The average Bonchev–Trinajstić information content (AvgIpc) is 2.88. The van der Waals surface area contributed by atoms with E-state index in [9.17, 15) is 4.39 Å². The van der Waals surface area contributed by atoms with Crippen LogP contribution in [-0.4, -0.2) is 6.04 Å². The monoisotopic (exact) mass is 257 g/mol. The maximum Gasteiger partial charge on any atom is 0.126 e. The van der Waals surface area contributed by atoms with Gasteiger partial charge in [-0.25, -0.2) is 4.39 Å². The van der Waals surface area contributed by atoms with Crippen LogP contribution in [0.15, 0.2) is 22.7 Å². The first-order valence-corrected chi connectivity index (χ1v) is 5.59. The normalized spacial score (nSPS) is 27.4. The summed E-state index contributed by atoms with van der Waals surface area (Å²) in [4.78, 5) is 0. The molecule has 1 fully saturated rings. The molecule has 0 spiro atoms. The van der Waals surface area contributed by atoms with E-state index < -0.39 is 0 Å². The number of hydrogen-bond acceptors (Lipinski definition) is 1. The lowest BCUT2D eigenvalue weighted by Gasteiger charge is -2.05. The van der Waals surface area contributed by atoms with Crippen molar-refractivity contribution in [1.29, 1.82) is 0 Å². The van der Waals surface area contributed by atoms with Gasteiger partial charge in [0.15, 0.2) is 0 Å². The highest BCUT2D eigenvalue weighted by atomic mass is 79.9. The lowest BCUT2D eigenvalue weighted by atomic mass is 10.1. The average molecular weight is 258 g/mol. The SMILES string of the molecule is CC(N)C1CC1c1cc(Br)ccc1F. The Morgan fingerprint density at radius 3 is 2.86 bits per heavy atom. The second kappa shape index (κ2) is 3.63. The van der Waals surface area contributed by atoms with Gasteiger partial charge in [0.1, 0.15) is 5.82 Å². The molecule has 0 heterocycles. The first-order chi connectivity index (χ1) is 6.59. The van der Waals surface area contributed by atoms with Gasteiger partial charge in [-0.1, -0.05) is 15.9 Å². The van der Waals surface area contributed by atoms with E-state index in [2.05, 4.69) is 15.9 Å². The Morgan fingerprint density at radius 2 is 2.29 bits per heavy atom.